The minimum atomic E-state index is -0.726. The van der Waals surface area contributed by atoms with Gasteiger partial charge in [0.2, 0.25) is 0 Å². The van der Waals surface area contributed by atoms with Crippen molar-refractivity contribution in [2.24, 2.45) is 0 Å². The third-order valence-electron chi connectivity index (χ3n) is 3.57. The summed E-state index contributed by atoms with van der Waals surface area (Å²) in [6, 6.07) is 9.60. The highest BCUT2D eigenvalue weighted by Crippen LogP contribution is 2.18. The maximum absolute atomic E-state index is 13.7. The van der Waals surface area contributed by atoms with Crippen molar-refractivity contribution in [2.45, 2.75) is 26.4 Å². The number of Topliss-reactive ketones (excluding diaryl/α,β-unsaturated/α-hetero) is 1. The first-order valence-electron chi connectivity index (χ1n) is 8.73. The molecule has 0 aliphatic carbocycles. The molecule has 0 saturated carbocycles. The Morgan fingerprint density at radius 2 is 1.62 bits per heavy atom. The predicted molar refractivity (Wildman–Crippen MR) is 104 cm³/mol. The van der Waals surface area contributed by atoms with E-state index in [1.165, 1.54) is 43.5 Å². The molecule has 154 valence electrons. The lowest BCUT2D eigenvalue weighted by Gasteiger charge is -2.19. The maximum Gasteiger partial charge on any atom is 0.412 e. The largest absolute Gasteiger partial charge is 0.494 e. The fourth-order valence-corrected chi connectivity index (χ4v) is 2.25. The van der Waals surface area contributed by atoms with Crippen molar-refractivity contribution in [1.82, 2.24) is 0 Å². The molecule has 0 saturated heterocycles. The van der Waals surface area contributed by atoms with E-state index >= 15 is 0 Å². The number of hydrogen-bond acceptors (Lipinski definition) is 6. The van der Waals surface area contributed by atoms with Crippen LogP contribution in [0, 0.1) is 5.82 Å². The number of carbonyl (C=O) groups is 3. The van der Waals surface area contributed by atoms with Crippen LogP contribution in [0.25, 0.3) is 0 Å². The molecule has 0 aromatic heterocycles. The molecule has 0 aliphatic rings. The van der Waals surface area contributed by atoms with E-state index in [-0.39, 0.29) is 16.9 Å². The molecule has 1 N–H and O–H groups in total. The van der Waals surface area contributed by atoms with Crippen LogP contribution in [0.2, 0.25) is 0 Å². The van der Waals surface area contributed by atoms with Crippen molar-refractivity contribution in [3.8, 4) is 5.75 Å². The Labute approximate surface area is 167 Å². The van der Waals surface area contributed by atoms with Crippen LogP contribution >= 0.6 is 0 Å². The second-order valence-corrected chi connectivity index (χ2v) is 7.05. The van der Waals surface area contributed by atoms with Crippen LogP contribution in [0.15, 0.2) is 42.5 Å². The van der Waals surface area contributed by atoms with Crippen molar-refractivity contribution in [2.75, 3.05) is 19.0 Å². The van der Waals surface area contributed by atoms with Crippen molar-refractivity contribution >= 4 is 23.5 Å². The summed E-state index contributed by atoms with van der Waals surface area (Å²) in [6.45, 7) is 4.69. The standard InChI is InChI=1S/C21H22FNO6/c1-21(2,3)29-20(26)23-15-8-5-13(6-9-15)19(25)28-12-17(24)14-7-10-18(27-4)16(22)11-14/h5-11H,12H2,1-4H3,(H,23,26). The molecular formula is C21H22FNO6. The van der Waals surface area contributed by atoms with Crippen LogP contribution in [0.5, 0.6) is 5.75 Å². The van der Waals surface area contributed by atoms with Crippen molar-refractivity contribution in [3.05, 3.63) is 59.4 Å². The fraction of sp³-hybridized carbons (Fsp3) is 0.286. The molecule has 0 atom stereocenters. The number of benzene rings is 2. The number of ether oxygens (including phenoxy) is 3. The van der Waals surface area contributed by atoms with Gasteiger partial charge in [-0.05, 0) is 63.2 Å². The second-order valence-electron chi connectivity index (χ2n) is 7.05. The number of anilines is 1. The summed E-state index contributed by atoms with van der Waals surface area (Å²) in [6.07, 6.45) is -0.620. The Kier molecular flexibility index (Phi) is 6.93. The number of methoxy groups -OCH3 is 1. The number of halogens is 1. The van der Waals surface area contributed by atoms with Crippen molar-refractivity contribution in [1.29, 1.82) is 0 Å². The SMILES string of the molecule is COc1ccc(C(=O)COC(=O)c2ccc(NC(=O)OC(C)(C)C)cc2)cc1F. The highest BCUT2D eigenvalue weighted by molar-refractivity contribution is 5.99. The lowest BCUT2D eigenvalue weighted by Crippen LogP contribution is -2.27. The normalized spacial score (nSPS) is 10.8. The van der Waals surface area contributed by atoms with Gasteiger partial charge in [-0.2, -0.15) is 0 Å². The lowest BCUT2D eigenvalue weighted by molar-refractivity contribution is 0.0474. The van der Waals surface area contributed by atoms with E-state index in [0.29, 0.717) is 5.69 Å². The molecule has 0 unspecified atom stereocenters. The molecule has 29 heavy (non-hydrogen) atoms. The first-order valence-corrected chi connectivity index (χ1v) is 8.73. The van der Waals surface area contributed by atoms with Gasteiger partial charge >= 0.3 is 12.1 Å². The minimum absolute atomic E-state index is 0.0126. The number of esters is 1. The van der Waals surface area contributed by atoms with E-state index in [0.717, 1.165) is 6.07 Å². The molecule has 7 nitrogen and oxygen atoms in total. The van der Waals surface area contributed by atoms with E-state index in [1.54, 1.807) is 20.8 Å². The summed E-state index contributed by atoms with van der Waals surface area (Å²) in [5.41, 5.74) is 0.0507. The van der Waals surface area contributed by atoms with Gasteiger partial charge in [0.25, 0.3) is 0 Å². The minimum Gasteiger partial charge on any atom is -0.494 e. The van der Waals surface area contributed by atoms with Gasteiger partial charge in [-0.15, -0.1) is 0 Å². The Morgan fingerprint density at radius 1 is 1.00 bits per heavy atom. The van der Waals surface area contributed by atoms with Crippen LogP contribution < -0.4 is 10.1 Å². The molecule has 2 aromatic carbocycles. The average molecular weight is 403 g/mol. The topological polar surface area (TPSA) is 90.9 Å². The summed E-state index contributed by atoms with van der Waals surface area (Å²) in [5, 5.41) is 2.54. The predicted octanol–water partition coefficient (Wildman–Crippen LogP) is 4.22. The van der Waals surface area contributed by atoms with E-state index in [1.807, 2.05) is 0 Å². The summed E-state index contributed by atoms with van der Waals surface area (Å²) in [5.74, 6) is -1.95. The number of carbonyl (C=O) groups excluding carboxylic acids is 3. The second kappa shape index (κ2) is 9.18. The molecule has 1 amide bonds. The summed E-state index contributed by atoms with van der Waals surface area (Å²) < 4.78 is 28.6. The van der Waals surface area contributed by atoms with Crippen LogP contribution in [0.3, 0.4) is 0 Å². The maximum atomic E-state index is 13.7. The van der Waals surface area contributed by atoms with Crippen LogP contribution in [-0.4, -0.2) is 37.2 Å². The van der Waals surface area contributed by atoms with Gasteiger partial charge in [0.05, 0.1) is 12.7 Å². The molecule has 0 bridgehead atoms. The Hall–Kier alpha value is -3.42. The van der Waals surface area contributed by atoms with Gasteiger partial charge in [0, 0.05) is 11.3 Å². The zero-order valence-corrected chi connectivity index (χ0v) is 16.6. The molecule has 0 fully saturated rings. The van der Waals surface area contributed by atoms with E-state index in [4.69, 9.17) is 14.2 Å². The zero-order valence-electron chi connectivity index (χ0n) is 16.6. The molecule has 2 rings (SSSR count). The number of rotatable bonds is 6. The van der Waals surface area contributed by atoms with Gasteiger partial charge in [-0.3, -0.25) is 10.1 Å². The molecule has 8 heteroatoms. The quantitative estimate of drug-likeness (QED) is 0.574. The summed E-state index contributed by atoms with van der Waals surface area (Å²) in [7, 11) is 1.32. The van der Waals surface area contributed by atoms with E-state index in [9.17, 15) is 18.8 Å². The third-order valence-corrected chi connectivity index (χ3v) is 3.57. The van der Waals surface area contributed by atoms with Crippen LogP contribution in [0.4, 0.5) is 14.9 Å². The Balaban J connectivity index is 1.91. The highest BCUT2D eigenvalue weighted by atomic mass is 19.1. The monoisotopic (exact) mass is 403 g/mol. The summed E-state index contributed by atoms with van der Waals surface area (Å²) >= 11 is 0. The van der Waals surface area contributed by atoms with Gasteiger partial charge in [-0.1, -0.05) is 0 Å². The molecule has 0 heterocycles. The number of ketones is 1. The van der Waals surface area contributed by atoms with E-state index in [2.05, 4.69) is 5.32 Å². The highest BCUT2D eigenvalue weighted by Gasteiger charge is 2.17. The van der Waals surface area contributed by atoms with Gasteiger partial charge < -0.3 is 14.2 Å². The Morgan fingerprint density at radius 3 is 2.17 bits per heavy atom. The number of amides is 1. The molecule has 0 aliphatic heterocycles. The third kappa shape index (κ3) is 6.60. The van der Waals surface area contributed by atoms with Crippen LogP contribution in [-0.2, 0) is 9.47 Å². The van der Waals surface area contributed by atoms with Gasteiger partial charge in [-0.25, -0.2) is 14.0 Å². The molecular weight excluding hydrogens is 381 g/mol. The van der Waals surface area contributed by atoms with Gasteiger partial charge in [0.1, 0.15) is 5.60 Å². The molecule has 2 aromatic rings. The number of nitrogens with one attached hydrogen (secondary N) is 1. The first-order chi connectivity index (χ1) is 13.6. The fourth-order valence-electron chi connectivity index (χ4n) is 2.25. The van der Waals surface area contributed by atoms with E-state index < -0.39 is 35.9 Å². The molecule has 0 radical (unpaired) electrons. The van der Waals surface area contributed by atoms with Crippen molar-refractivity contribution < 1.29 is 33.0 Å². The molecule has 0 spiro atoms. The van der Waals surface area contributed by atoms with Crippen LogP contribution in [0.1, 0.15) is 41.5 Å². The lowest BCUT2D eigenvalue weighted by atomic mass is 10.1. The average Bonchev–Trinajstić information content (AvgIpc) is 2.64. The summed E-state index contributed by atoms with van der Waals surface area (Å²) in [4.78, 5) is 35.9. The zero-order chi connectivity index (χ0) is 21.6. The smallest absolute Gasteiger partial charge is 0.412 e. The first kappa shape index (κ1) is 21.9. The van der Waals surface area contributed by atoms with Crippen molar-refractivity contribution in [3.63, 3.8) is 0 Å². The Bertz CT molecular complexity index is 902. The van der Waals surface area contributed by atoms with Gasteiger partial charge in [0.15, 0.2) is 24.0 Å². The number of hydrogen-bond donors (Lipinski definition) is 1.